The summed E-state index contributed by atoms with van der Waals surface area (Å²) in [5, 5.41) is 20.8. The summed E-state index contributed by atoms with van der Waals surface area (Å²) in [4.78, 5) is 99.5. The number of carboxylic acids is 1. The number of methoxy groups -OCH3 is 5. The molecule has 0 bridgehead atoms. The number of ketones is 1. The zero-order valence-electron chi connectivity index (χ0n) is 52.1. The standard InChI is InChI=1S/C18H20ClNO5.C16H16ClN3O2S.C12H10ClNO4.C11H8ClNO4.C4H10N2S.2CH4.Li.H2O/c1-5-13(21)12-8-15(25-18(22)24-9-10(2)3)11-6-7-14(23-4)16(19)17(11)20-12;1-8(2)18-16-20-11(7-23-16)10-6-12(21)9-4-5-13(22-3)14(17)15(9)19-10;1-17-9-4-3-6-8(15)5-7(12(16)18-2)14-11(6)10(9)13;1-17-8-3-2-5-7(14)4-6(11(15)16)13-10(5)9(8)12;1-3(2)6-4(5)7;;;;/h6-8,10H,5,9H2,1-4H3;4-8H,1-3H3,(H,18,20)(H,19,21);3-5H,1-2H3,(H,14,15);2-4H,1H3,(H,13,14)(H,15,16);3H,1-2H3,(H3,5,6,7);2*1H4;;1H2/q;;;;;;;+1;/p-1. The summed E-state index contributed by atoms with van der Waals surface area (Å²) in [5.41, 5.74) is 7.12. The quantitative estimate of drug-likeness (QED) is 0.0217. The number of nitrogens with zero attached hydrogens (tertiary/aromatic N) is 2. The van der Waals surface area contributed by atoms with Gasteiger partial charge in [-0.2, -0.15) is 0 Å². The van der Waals surface area contributed by atoms with Crippen molar-refractivity contribution in [2.75, 3.05) is 47.5 Å². The maximum absolute atomic E-state index is 12.3. The molecule has 94 heavy (non-hydrogen) atoms. The van der Waals surface area contributed by atoms with Gasteiger partial charge in [0.05, 0.1) is 75.6 Å². The molecule has 9 N–H and O–H groups in total. The van der Waals surface area contributed by atoms with E-state index in [1.807, 2.05) is 46.9 Å². The monoisotopic (exact) mass is 1410 g/mol. The molecule has 0 aliphatic heterocycles. The Kier molecular flexibility index (Phi) is 34.7. The zero-order valence-corrected chi connectivity index (χ0v) is 56.7. The van der Waals surface area contributed by atoms with E-state index in [2.05, 4.69) is 52.5 Å². The molecule has 0 spiro atoms. The average molecular weight is 1410 g/mol. The molecule has 0 aliphatic carbocycles. The molecule has 0 amide bonds. The first kappa shape index (κ1) is 83.8. The van der Waals surface area contributed by atoms with Crippen LogP contribution in [-0.4, -0.2) is 119 Å². The van der Waals surface area contributed by atoms with Crippen molar-refractivity contribution in [3.8, 4) is 40.1 Å². The van der Waals surface area contributed by atoms with Gasteiger partial charge in [0.1, 0.15) is 65.9 Å². The number of carboxylic acid groups (broad SMARTS) is 1. The number of aromatic nitrogens is 5. The summed E-state index contributed by atoms with van der Waals surface area (Å²) < 4.78 is 35.3. The molecule has 0 saturated carbocycles. The molecule has 31 heteroatoms. The molecule has 9 rings (SSSR count). The normalized spacial score (nSPS) is 10.2. The van der Waals surface area contributed by atoms with Crippen molar-refractivity contribution >= 4 is 148 Å². The Morgan fingerprint density at radius 3 is 1.50 bits per heavy atom. The van der Waals surface area contributed by atoms with E-state index >= 15 is 0 Å². The van der Waals surface area contributed by atoms with Crippen LogP contribution < -0.4 is 75.2 Å². The maximum Gasteiger partial charge on any atom is 1.00 e. The Balaban J connectivity index is 0.000000602. The minimum Gasteiger partial charge on any atom is -0.870 e. The fourth-order valence-corrected chi connectivity index (χ4v) is 10.1. The molecule has 0 atom stereocenters. The summed E-state index contributed by atoms with van der Waals surface area (Å²) in [5.74, 6) is 0.0254. The van der Waals surface area contributed by atoms with Crippen LogP contribution in [0, 0.1) is 5.92 Å². The van der Waals surface area contributed by atoms with Gasteiger partial charge in [-0.25, -0.2) is 24.4 Å². The molecule has 502 valence electrons. The van der Waals surface area contributed by atoms with E-state index in [1.165, 1.54) is 58.0 Å². The van der Waals surface area contributed by atoms with E-state index in [1.54, 1.807) is 62.6 Å². The van der Waals surface area contributed by atoms with Gasteiger partial charge in [-0.15, -0.1) is 11.3 Å². The number of aromatic amines is 3. The fraction of sp³-hybridized carbons (Fsp3) is 0.302. The van der Waals surface area contributed by atoms with Crippen LogP contribution in [0.2, 0.25) is 20.1 Å². The van der Waals surface area contributed by atoms with Crippen molar-refractivity contribution in [1.29, 1.82) is 0 Å². The van der Waals surface area contributed by atoms with Gasteiger partial charge in [0.15, 0.2) is 32.3 Å². The van der Waals surface area contributed by atoms with Crippen LogP contribution in [-0.2, 0) is 9.47 Å². The predicted molar refractivity (Wildman–Crippen MR) is 372 cm³/mol. The Bertz CT molecular complexity index is 4320. The van der Waals surface area contributed by atoms with E-state index in [0.29, 0.717) is 94.7 Å². The molecule has 4 aromatic carbocycles. The first-order valence-corrected chi connectivity index (χ1v) is 29.7. The molecular weight excluding hydrogens is 1340 g/mol. The number of carbonyl (C=O) groups excluding carboxylic acids is 3. The number of H-pyrrole nitrogens is 3. The van der Waals surface area contributed by atoms with Crippen LogP contribution in [0.15, 0.2) is 92.6 Å². The number of rotatable bonds is 15. The molecular formula is C63H73Cl4LiN8O16S2. The first-order chi connectivity index (χ1) is 42.6. The van der Waals surface area contributed by atoms with E-state index in [0.717, 1.165) is 11.2 Å². The molecule has 0 unspecified atom stereocenters. The summed E-state index contributed by atoms with van der Waals surface area (Å²) in [7, 11) is 7.16. The van der Waals surface area contributed by atoms with Gasteiger partial charge in [-0.1, -0.05) is 82.0 Å². The van der Waals surface area contributed by atoms with Crippen LogP contribution in [0.25, 0.3) is 55.0 Å². The van der Waals surface area contributed by atoms with Crippen molar-refractivity contribution in [2.45, 2.75) is 81.8 Å². The third-order valence-corrected chi connectivity index (χ3v) is 14.4. The Morgan fingerprint density at radius 2 is 1.09 bits per heavy atom. The van der Waals surface area contributed by atoms with Gasteiger partial charge < -0.3 is 75.1 Å². The third-order valence-electron chi connectivity index (χ3n) is 12.0. The van der Waals surface area contributed by atoms with Crippen LogP contribution in [0.3, 0.4) is 0 Å². The largest absolute Gasteiger partial charge is 1.00 e. The van der Waals surface area contributed by atoms with Gasteiger partial charge in [0.2, 0.25) is 0 Å². The zero-order chi connectivity index (χ0) is 66.8. The Labute approximate surface area is 582 Å². The van der Waals surface area contributed by atoms with Crippen LogP contribution in [0.4, 0.5) is 9.93 Å². The molecule has 0 radical (unpaired) electrons. The number of nitrogens with two attached hydrogens (primary N) is 1. The number of ether oxygens (including phenoxy) is 7. The number of aromatic carboxylic acids is 1. The molecule has 0 aliphatic rings. The smallest absolute Gasteiger partial charge is 0.870 e. The summed E-state index contributed by atoms with van der Waals surface area (Å²) >= 11 is 30.7. The summed E-state index contributed by atoms with van der Waals surface area (Å²) in [6.07, 6.45) is -0.583. The molecule has 5 aromatic heterocycles. The second-order valence-corrected chi connectivity index (χ2v) is 22.6. The molecule has 0 saturated heterocycles. The topological polar surface area (TPSA) is 358 Å². The van der Waals surface area contributed by atoms with Crippen molar-refractivity contribution in [2.24, 2.45) is 11.7 Å². The third kappa shape index (κ3) is 22.0. The van der Waals surface area contributed by atoms with E-state index < -0.39 is 23.5 Å². The molecule has 24 nitrogen and oxygen atoms in total. The number of carbonyl (C=O) groups is 4. The van der Waals surface area contributed by atoms with Gasteiger partial charge in [-0.05, 0) is 94.4 Å². The number of hydrogen-bond acceptors (Lipinski definition) is 20. The number of anilines is 1. The number of thiazole rings is 1. The van der Waals surface area contributed by atoms with Crippen LogP contribution in [0.5, 0.6) is 28.7 Å². The van der Waals surface area contributed by atoms with Crippen LogP contribution >= 0.6 is 70.0 Å². The minimum atomic E-state index is -1.22. The van der Waals surface area contributed by atoms with E-state index in [4.69, 9.17) is 85.7 Å². The van der Waals surface area contributed by atoms with Crippen molar-refractivity contribution in [3.63, 3.8) is 0 Å². The number of halogens is 4. The number of pyridine rings is 4. The molecule has 9 aromatic rings. The number of hydrogen-bond donors (Lipinski definition) is 7. The summed E-state index contributed by atoms with van der Waals surface area (Å²) in [6.45, 7) is 13.8. The number of fused-ring (bicyclic) bond motifs is 4. The van der Waals surface area contributed by atoms with Gasteiger partial charge in [-0.3, -0.25) is 19.2 Å². The van der Waals surface area contributed by atoms with E-state index in [-0.39, 0.29) is 118 Å². The second kappa shape index (κ2) is 38.9. The van der Waals surface area contributed by atoms with E-state index in [9.17, 15) is 33.6 Å². The van der Waals surface area contributed by atoms with Crippen molar-refractivity contribution in [3.05, 3.63) is 146 Å². The first-order valence-electron chi connectivity index (χ1n) is 26.9. The SMILES string of the molecule is C.C.CC(C)NC(N)=S.CCC(=O)c1cc(OC(=O)OCC(C)C)c2ccc(OC)c(Cl)c2n1.COC(=O)c1cc(=O)c2ccc(OC)c(Cl)c2[nH]1.COc1ccc2c(=O)cc(-c3csc(NC(C)C)n3)[nH]c2c1Cl.COc1ccc2c(=O)cc(C(=O)O)[nH]c2c1Cl.[Li+].[OH-]. The number of nitrogens with one attached hydrogen (secondary N) is 5. The van der Waals surface area contributed by atoms with Gasteiger partial charge in [0, 0.05) is 69.7 Å². The summed E-state index contributed by atoms with van der Waals surface area (Å²) in [6, 6.07) is 18.8. The Morgan fingerprint density at radius 1 is 0.638 bits per heavy atom. The average Bonchev–Trinajstić information content (AvgIpc) is 0.936. The molecule has 5 heterocycles. The molecule has 0 fully saturated rings. The number of thiocarbonyl (C=S) groups is 1. The Hall–Kier alpha value is -8.16. The number of Topliss-reactive ketones (excluding diaryl/α,β-unsaturated/α-hetero) is 1. The van der Waals surface area contributed by atoms with Crippen molar-refractivity contribution in [1.82, 2.24) is 30.2 Å². The number of benzene rings is 4. The fourth-order valence-electron chi connectivity index (χ4n) is 7.86. The number of esters is 1. The van der Waals surface area contributed by atoms with Crippen molar-refractivity contribution < 1.29 is 81.8 Å². The second-order valence-electron chi connectivity index (χ2n) is 19.8. The predicted octanol–water partition coefficient (Wildman–Crippen LogP) is 11.0. The van der Waals surface area contributed by atoms with Gasteiger partial charge in [0.25, 0.3) is 0 Å². The van der Waals surface area contributed by atoms with Gasteiger partial charge >= 0.3 is 37.0 Å². The maximum atomic E-state index is 12.3. The minimum absolute atomic E-state index is 0. The van der Waals surface area contributed by atoms with Crippen LogP contribution in [0.1, 0.15) is 101 Å².